The largest absolute Gasteiger partial charge is 0.355 e. The average molecular weight is 215 g/mol. The fourth-order valence-electron chi connectivity index (χ4n) is 3.50. The van der Waals surface area contributed by atoms with Crippen molar-refractivity contribution in [1.82, 2.24) is 5.32 Å². The van der Waals surface area contributed by atoms with Gasteiger partial charge in [-0.1, -0.05) is 24.3 Å². The van der Waals surface area contributed by atoms with E-state index in [-0.39, 0.29) is 0 Å². The van der Waals surface area contributed by atoms with Crippen LogP contribution in [0.1, 0.15) is 24.0 Å². The molecular formula is C14H17NO. The van der Waals surface area contributed by atoms with Crippen LogP contribution in [0.25, 0.3) is 0 Å². The van der Waals surface area contributed by atoms with Crippen molar-refractivity contribution in [2.75, 3.05) is 0 Å². The third kappa shape index (κ3) is 1.53. The Morgan fingerprint density at radius 3 is 2.12 bits per heavy atom. The molecular weight excluding hydrogens is 198 g/mol. The Morgan fingerprint density at radius 2 is 1.62 bits per heavy atom. The third-order valence-electron chi connectivity index (χ3n) is 4.27. The third-order valence-corrected chi connectivity index (χ3v) is 4.27. The van der Waals surface area contributed by atoms with E-state index >= 15 is 0 Å². The van der Waals surface area contributed by atoms with Gasteiger partial charge in [-0.2, -0.15) is 0 Å². The lowest BCUT2D eigenvalue weighted by molar-refractivity contribution is -0.110. The first-order valence-corrected chi connectivity index (χ1v) is 6.15. The molecule has 1 N–H and O–H groups in total. The summed E-state index contributed by atoms with van der Waals surface area (Å²) in [6.45, 7) is 0. The summed E-state index contributed by atoms with van der Waals surface area (Å²) >= 11 is 0. The molecule has 0 radical (unpaired) electrons. The van der Waals surface area contributed by atoms with Crippen LogP contribution in [-0.4, -0.2) is 12.5 Å². The van der Waals surface area contributed by atoms with Crippen LogP contribution in [0.5, 0.6) is 0 Å². The van der Waals surface area contributed by atoms with Crippen LogP contribution in [0.15, 0.2) is 24.3 Å². The molecule has 2 bridgehead atoms. The molecule has 0 spiro atoms. The highest BCUT2D eigenvalue weighted by atomic mass is 16.1. The van der Waals surface area contributed by atoms with Gasteiger partial charge in [0.2, 0.25) is 6.41 Å². The lowest BCUT2D eigenvalue weighted by Crippen LogP contribution is -2.37. The first-order chi connectivity index (χ1) is 7.88. The molecule has 0 aromatic heterocycles. The maximum Gasteiger partial charge on any atom is 0.207 e. The number of rotatable bonds is 2. The summed E-state index contributed by atoms with van der Waals surface area (Å²) in [4.78, 5) is 10.7. The van der Waals surface area contributed by atoms with Gasteiger partial charge < -0.3 is 5.32 Å². The topological polar surface area (TPSA) is 29.1 Å². The van der Waals surface area contributed by atoms with Crippen molar-refractivity contribution in [1.29, 1.82) is 0 Å². The molecule has 1 amide bonds. The lowest BCUT2D eigenvalue weighted by atomic mass is 9.94. The summed E-state index contributed by atoms with van der Waals surface area (Å²) in [7, 11) is 0. The van der Waals surface area contributed by atoms with Gasteiger partial charge in [-0.05, 0) is 48.6 Å². The summed E-state index contributed by atoms with van der Waals surface area (Å²) in [6.07, 6.45) is 5.69. The number of carbonyl (C=O) groups is 1. The molecule has 2 atom stereocenters. The molecule has 2 heteroatoms. The van der Waals surface area contributed by atoms with Gasteiger partial charge in [0.25, 0.3) is 0 Å². The number of hydrogen-bond donors (Lipinski definition) is 1. The molecule has 0 saturated heterocycles. The molecule has 16 heavy (non-hydrogen) atoms. The van der Waals surface area contributed by atoms with Crippen molar-refractivity contribution >= 4 is 6.41 Å². The van der Waals surface area contributed by atoms with E-state index in [4.69, 9.17) is 0 Å². The maximum atomic E-state index is 10.7. The molecule has 84 valence electrons. The van der Waals surface area contributed by atoms with Crippen molar-refractivity contribution in [2.45, 2.75) is 31.7 Å². The number of hydrogen-bond acceptors (Lipinski definition) is 1. The van der Waals surface area contributed by atoms with Crippen molar-refractivity contribution in [3.8, 4) is 0 Å². The van der Waals surface area contributed by atoms with Crippen LogP contribution in [-0.2, 0) is 17.6 Å². The standard InChI is InChI=1S/C14H17NO/c16-9-15-14-12-5-6-13(14)8-11-4-2-1-3-10(11)7-12/h1-4,9,12-14H,5-8H2,(H,15,16). The minimum Gasteiger partial charge on any atom is -0.355 e. The van der Waals surface area contributed by atoms with Crippen LogP contribution in [0, 0.1) is 11.8 Å². The summed E-state index contributed by atoms with van der Waals surface area (Å²) in [5.41, 5.74) is 2.99. The van der Waals surface area contributed by atoms with Gasteiger partial charge in [-0.25, -0.2) is 0 Å². The second kappa shape index (κ2) is 3.93. The highest BCUT2D eigenvalue weighted by Crippen LogP contribution is 2.39. The van der Waals surface area contributed by atoms with Gasteiger partial charge in [0.15, 0.2) is 0 Å². The molecule has 1 aromatic rings. The van der Waals surface area contributed by atoms with Crippen LogP contribution in [0.4, 0.5) is 0 Å². The molecule has 1 aromatic carbocycles. The van der Waals surface area contributed by atoms with Crippen molar-refractivity contribution in [3.63, 3.8) is 0 Å². The van der Waals surface area contributed by atoms with E-state index < -0.39 is 0 Å². The predicted octanol–water partition coefficient (Wildman–Crippen LogP) is 1.93. The van der Waals surface area contributed by atoms with Gasteiger partial charge >= 0.3 is 0 Å². The molecule has 2 nitrogen and oxygen atoms in total. The minimum atomic E-state index is 0.407. The first kappa shape index (κ1) is 9.88. The Bertz CT molecular complexity index is 368. The molecule has 3 rings (SSSR count). The number of benzene rings is 1. The van der Waals surface area contributed by atoms with Crippen LogP contribution in [0.2, 0.25) is 0 Å². The minimum absolute atomic E-state index is 0.407. The average Bonchev–Trinajstić information content (AvgIpc) is 2.57. The Hall–Kier alpha value is -1.31. The van der Waals surface area contributed by atoms with E-state index in [9.17, 15) is 4.79 Å². The molecule has 2 unspecified atom stereocenters. The molecule has 0 aliphatic heterocycles. The van der Waals surface area contributed by atoms with E-state index in [1.807, 2.05) is 0 Å². The van der Waals surface area contributed by atoms with Crippen LogP contribution in [0.3, 0.4) is 0 Å². The van der Waals surface area contributed by atoms with E-state index in [1.54, 1.807) is 0 Å². The maximum absolute atomic E-state index is 10.7. The quantitative estimate of drug-likeness (QED) is 0.750. The van der Waals surface area contributed by atoms with Gasteiger partial charge in [-0.3, -0.25) is 4.79 Å². The predicted molar refractivity (Wildman–Crippen MR) is 63.1 cm³/mol. The Morgan fingerprint density at radius 1 is 1.06 bits per heavy atom. The highest BCUT2D eigenvalue weighted by Gasteiger charge is 2.38. The Balaban J connectivity index is 1.93. The Labute approximate surface area is 96.1 Å². The number of carbonyl (C=O) groups excluding carboxylic acids is 1. The molecule has 0 heterocycles. The first-order valence-electron chi connectivity index (χ1n) is 6.15. The number of nitrogens with one attached hydrogen (secondary N) is 1. The fraction of sp³-hybridized carbons (Fsp3) is 0.500. The smallest absolute Gasteiger partial charge is 0.207 e. The van der Waals surface area contributed by atoms with E-state index in [1.165, 1.54) is 24.0 Å². The zero-order valence-electron chi connectivity index (χ0n) is 9.36. The molecule has 2 aliphatic carbocycles. The monoisotopic (exact) mass is 215 g/mol. The second-order valence-electron chi connectivity index (χ2n) is 5.08. The number of fused-ring (bicyclic) bond motifs is 3. The summed E-state index contributed by atoms with van der Waals surface area (Å²) < 4.78 is 0. The normalized spacial score (nSPS) is 31.6. The van der Waals surface area contributed by atoms with Gasteiger partial charge in [-0.15, -0.1) is 0 Å². The van der Waals surface area contributed by atoms with Crippen LogP contribution >= 0.6 is 0 Å². The summed E-state index contributed by atoms with van der Waals surface area (Å²) in [6, 6.07) is 9.15. The zero-order chi connectivity index (χ0) is 11.0. The Kier molecular flexibility index (Phi) is 2.43. The van der Waals surface area contributed by atoms with Crippen LogP contribution < -0.4 is 5.32 Å². The van der Waals surface area contributed by atoms with E-state index in [0.717, 1.165) is 19.3 Å². The molecule has 2 aliphatic rings. The summed E-state index contributed by atoms with van der Waals surface area (Å²) in [5.74, 6) is 1.30. The van der Waals surface area contributed by atoms with Gasteiger partial charge in [0.05, 0.1) is 0 Å². The van der Waals surface area contributed by atoms with Gasteiger partial charge in [0.1, 0.15) is 0 Å². The van der Waals surface area contributed by atoms with Crippen molar-refractivity contribution < 1.29 is 4.79 Å². The fourth-order valence-corrected chi connectivity index (χ4v) is 3.50. The summed E-state index contributed by atoms with van der Waals surface area (Å²) in [5, 5.41) is 3.04. The lowest BCUT2D eigenvalue weighted by Gasteiger charge is -2.20. The van der Waals surface area contributed by atoms with Crippen molar-refractivity contribution in [2.24, 2.45) is 11.8 Å². The SMILES string of the molecule is O=CNC1C2CCC1Cc1ccccc1C2. The van der Waals surface area contributed by atoms with E-state index in [0.29, 0.717) is 17.9 Å². The van der Waals surface area contributed by atoms with Gasteiger partial charge in [0, 0.05) is 6.04 Å². The molecule has 1 fully saturated rings. The van der Waals surface area contributed by atoms with Crippen molar-refractivity contribution in [3.05, 3.63) is 35.4 Å². The van der Waals surface area contributed by atoms with E-state index in [2.05, 4.69) is 29.6 Å². The zero-order valence-corrected chi connectivity index (χ0v) is 9.36. The molecule has 1 saturated carbocycles. The second-order valence-corrected chi connectivity index (χ2v) is 5.08. The number of amides is 1. The highest BCUT2D eigenvalue weighted by molar-refractivity contribution is 5.47.